The fraction of sp³-hybridized carbons (Fsp3) is 0.588. The van der Waals surface area contributed by atoms with Crippen LogP contribution in [0, 0.1) is 5.92 Å². The van der Waals surface area contributed by atoms with Crippen molar-refractivity contribution < 1.29 is 13.2 Å². The molecule has 1 aliphatic heterocycles. The maximum Gasteiger partial charge on any atom is 0.243 e. The van der Waals surface area contributed by atoms with E-state index in [0.717, 1.165) is 13.0 Å². The number of piperidine rings is 1. The van der Waals surface area contributed by atoms with Gasteiger partial charge in [0.1, 0.15) is 0 Å². The van der Waals surface area contributed by atoms with E-state index >= 15 is 0 Å². The molecule has 0 radical (unpaired) electrons. The van der Waals surface area contributed by atoms with Crippen molar-refractivity contribution >= 4 is 15.9 Å². The Balaban J connectivity index is 1.97. The first kappa shape index (κ1) is 18.9. The van der Waals surface area contributed by atoms with Gasteiger partial charge in [0, 0.05) is 25.7 Å². The molecule has 1 aromatic carbocycles. The summed E-state index contributed by atoms with van der Waals surface area (Å²) in [4.78, 5) is 12.6. The van der Waals surface area contributed by atoms with Gasteiger partial charge in [-0.2, -0.15) is 4.31 Å². The van der Waals surface area contributed by atoms with Crippen LogP contribution in [0.1, 0.15) is 26.7 Å². The summed E-state index contributed by atoms with van der Waals surface area (Å²) in [5.74, 6) is -0.348. The highest BCUT2D eigenvalue weighted by molar-refractivity contribution is 7.89. The molecule has 1 fully saturated rings. The highest BCUT2D eigenvalue weighted by Gasteiger charge is 2.33. The lowest BCUT2D eigenvalue weighted by molar-refractivity contribution is -0.126. The van der Waals surface area contributed by atoms with Crippen LogP contribution in [0.25, 0.3) is 0 Å². The number of sulfonamides is 1. The molecule has 134 valence electrons. The normalized spacial score (nSPS) is 20.5. The smallest absolute Gasteiger partial charge is 0.243 e. The van der Waals surface area contributed by atoms with Crippen molar-refractivity contribution in [1.29, 1.82) is 0 Å². The number of carbonyl (C=O) groups is 1. The van der Waals surface area contributed by atoms with Gasteiger partial charge in [0.15, 0.2) is 0 Å². The van der Waals surface area contributed by atoms with E-state index in [1.54, 1.807) is 30.3 Å². The lowest BCUT2D eigenvalue weighted by Crippen LogP contribution is -2.47. The summed E-state index contributed by atoms with van der Waals surface area (Å²) in [6.45, 7) is 6.15. The van der Waals surface area contributed by atoms with Crippen molar-refractivity contribution in [1.82, 2.24) is 14.9 Å². The van der Waals surface area contributed by atoms with Gasteiger partial charge < -0.3 is 10.6 Å². The predicted octanol–water partition coefficient (Wildman–Crippen LogP) is 1.20. The number of carbonyl (C=O) groups excluding carboxylic acids is 1. The molecule has 2 rings (SSSR count). The third-order valence-electron chi connectivity index (χ3n) is 4.27. The molecule has 1 heterocycles. The molecule has 1 aliphatic rings. The number of nitrogens with one attached hydrogen (secondary N) is 2. The fourth-order valence-corrected chi connectivity index (χ4v) is 4.48. The van der Waals surface area contributed by atoms with Crippen LogP contribution >= 0.6 is 0 Å². The maximum absolute atomic E-state index is 12.7. The lowest BCUT2D eigenvalue weighted by atomic mass is 9.99. The van der Waals surface area contributed by atoms with Gasteiger partial charge in [-0.25, -0.2) is 8.42 Å². The van der Waals surface area contributed by atoms with Crippen molar-refractivity contribution in [2.24, 2.45) is 5.92 Å². The minimum atomic E-state index is -3.53. The van der Waals surface area contributed by atoms with Crippen molar-refractivity contribution in [2.75, 3.05) is 26.2 Å². The van der Waals surface area contributed by atoms with E-state index in [1.165, 1.54) is 4.31 Å². The summed E-state index contributed by atoms with van der Waals surface area (Å²) in [7, 11) is -3.53. The van der Waals surface area contributed by atoms with Gasteiger partial charge in [0.2, 0.25) is 15.9 Å². The van der Waals surface area contributed by atoms with Crippen LogP contribution in [-0.4, -0.2) is 50.9 Å². The van der Waals surface area contributed by atoms with Crippen molar-refractivity contribution in [2.45, 2.75) is 37.6 Å². The molecule has 2 N–H and O–H groups in total. The summed E-state index contributed by atoms with van der Waals surface area (Å²) in [6.07, 6.45) is 1.43. The van der Waals surface area contributed by atoms with Gasteiger partial charge in [-0.05, 0) is 38.4 Å². The van der Waals surface area contributed by atoms with Crippen molar-refractivity contribution in [3.8, 4) is 0 Å². The molecule has 0 bridgehead atoms. The van der Waals surface area contributed by atoms with Crippen LogP contribution in [0.15, 0.2) is 35.2 Å². The maximum atomic E-state index is 12.7. The second-order valence-electron chi connectivity index (χ2n) is 6.22. The van der Waals surface area contributed by atoms with Crippen LogP contribution in [0.3, 0.4) is 0 Å². The Morgan fingerprint density at radius 1 is 1.33 bits per heavy atom. The second-order valence-corrected chi connectivity index (χ2v) is 8.16. The Kier molecular flexibility index (Phi) is 6.77. The molecular weight excluding hydrogens is 326 g/mol. The number of hydrogen-bond acceptors (Lipinski definition) is 4. The van der Waals surface area contributed by atoms with Gasteiger partial charge in [-0.15, -0.1) is 0 Å². The fourth-order valence-electron chi connectivity index (χ4n) is 2.93. The largest absolute Gasteiger partial charge is 0.354 e. The average Bonchev–Trinajstić information content (AvgIpc) is 2.61. The van der Waals surface area contributed by atoms with Gasteiger partial charge >= 0.3 is 0 Å². The molecule has 1 amide bonds. The standard InChI is InChI=1S/C17H27N3O3S/c1-3-18-14(2)12-19-17(21)15-8-7-11-20(13-15)24(22,23)16-9-5-4-6-10-16/h4-6,9-10,14-15,18H,3,7-8,11-13H2,1-2H3,(H,19,21)/t14-,15?/m1/s1. The minimum Gasteiger partial charge on any atom is -0.354 e. The lowest BCUT2D eigenvalue weighted by Gasteiger charge is -2.31. The zero-order chi connectivity index (χ0) is 17.6. The summed E-state index contributed by atoms with van der Waals surface area (Å²) >= 11 is 0. The van der Waals surface area contributed by atoms with Gasteiger partial charge in [0.25, 0.3) is 0 Å². The Morgan fingerprint density at radius 2 is 2.04 bits per heavy atom. The third kappa shape index (κ3) is 4.78. The highest BCUT2D eigenvalue weighted by Crippen LogP contribution is 2.23. The van der Waals surface area contributed by atoms with E-state index in [1.807, 2.05) is 13.8 Å². The second kappa shape index (κ2) is 8.60. The van der Waals surface area contributed by atoms with E-state index in [0.29, 0.717) is 19.5 Å². The average molecular weight is 353 g/mol. The zero-order valence-electron chi connectivity index (χ0n) is 14.4. The van der Waals surface area contributed by atoms with E-state index in [4.69, 9.17) is 0 Å². The first-order valence-electron chi connectivity index (χ1n) is 8.51. The Bertz CT molecular complexity index is 634. The van der Waals surface area contributed by atoms with Gasteiger partial charge in [-0.1, -0.05) is 25.1 Å². The molecular formula is C17H27N3O3S. The number of amides is 1. The summed E-state index contributed by atoms with van der Waals surface area (Å²) < 4.78 is 26.8. The molecule has 24 heavy (non-hydrogen) atoms. The molecule has 1 unspecified atom stereocenters. The summed E-state index contributed by atoms with van der Waals surface area (Å²) in [5, 5.41) is 6.16. The molecule has 6 nitrogen and oxygen atoms in total. The minimum absolute atomic E-state index is 0.0623. The van der Waals surface area contributed by atoms with E-state index in [-0.39, 0.29) is 29.3 Å². The molecule has 1 saturated heterocycles. The molecule has 0 spiro atoms. The SMILES string of the molecule is CCN[C@H](C)CNC(=O)C1CCCN(S(=O)(=O)c2ccccc2)C1. The van der Waals surface area contributed by atoms with Crippen LogP contribution < -0.4 is 10.6 Å². The van der Waals surface area contributed by atoms with Crippen molar-refractivity contribution in [3.63, 3.8) is 0 Å². The topological polar surface area (TPSA) is 78.5 Å². The molecule has 0 saturated carbocycles. The van der Waals surface area contributed by atoms with Crippen LogP contribution in [0.4, 0.5) is 0 Å². The van der Waals surface area contributed by atoms with Gasteiger partial charge in [-0.3, -0.25) is 4.79 Å². The Hall–Kier alpha value is -1.44. The summed E-state index contributed by atoms with van der Waals surface area (Å²) in [5.41, 5.74) is 0. The van der Waals surface area contributed by atoms with Crippen LogP contribution in [0.2, 0.25) is 0 Å². The third-order valence-corrected chi connectivity index (χ3v) is 6.15. The molecule has 0 aromatic heterocycles. The first-order valence-corrected chi connectivity index (χ1v) is 9.95. The first-order chi connectivity index (χ1) is 11.4. The predicted molar refractivity (Wildman–Crippen MR) is 94.1 cm³/mol. The molecule has 0 aliphatic carbocycles. The van der Waals surface area contributed by atoms with Gasteiger partial charge in [0.05, 0.1) is 10.8 Å². The monoisotopic (exact) mass is 353 g/mol. The van der Waals surface area contributed by atoms with E-state index in [2.05, 4.69) is 10.6 Å². The number of hydrogen-bond donors (Lipinski definition) is 2. The number of likely N-dealkylation sites (N-methyl/N-ethyl adjacent to an activating group) is 1. The van der Waals surface area contributed by atoms with Crippen LogP contribution in [-0.2, 0) is 14.8 Å². The molecule has 7 heteroatoms. The number of rotatable bonds is 7. The highest BCUT2D eigenvalue weighted by atomic mass is 32.2. The number of benzene rings is 1. The Labute approximate surface area is 144 Å². The Morgan fingerprint density at radius 3 is 2.71 bits per heavy atom. The van der Waals surface area contributed by atoms with Crippen LogP contribution in [0.5, 0.6) is 0 Å². The quantitative estimate of drug-likeness (QED) is 0.772. The summed E-state index contributed by atoms with van der Waals surface area (Å²) in [6, 6.07) is 8.60. The zero-order valence-corrected chi connectivity index (χ0v) is 15.2. The number of nitrogens with zero attached hydrogens (tertiary/aromatic N) is 1. The van der Waals surface area contributed by atoms with E-state index in [9.17, 15) is 13.2 Å². The van der Waals surface area contributed by atoms with E-state index < -0.39 is 10.0 Å². The molecule has 2 atom stereocenters. The van der Waals surface area contributed by atoms with Crippen molar-refractivity contribution in [3.05, 3.63) is 30.3 Å². The molecule has 1 aromatic rings.